The summed E-state index contributed by atoms with van der Waals surface area (Å²) >= 11 is 0. The van der Waals surface area contributed by atoms with E-state index in [4.69, 9.17) is 0 Å². The number of phenols is 1. The predicted octanol–water partition coefficient (Wildman–Crippen LogP) is 2.54. The number of hydrogen-bond acceptors (Lipinski definition) is 3. The molecule has 4 aromatic rings. The van der Waals surface area contributed by atoms with Gasteiger partial charge in [0.15, 0.2) is 0 Å². The fourth-order valence-corrected chi connectivity index (χ4v) is 2.81. The average molecular weight is 304 g/mol. The summed E-state index contributed by atoms with van der Waals surface area (Å²) in [6, 6.07) is 17.5. The zero-order valence-corrected chi connectivity index (χ0v) is 12.0. The largest absolute Gasteiger partial charge is 0.508 e. The molecule has 1 heterocycles. The molecule has 0 bridgehead atoms. The molecule has 0 unspecified atom stereocenters. The molecule has 0 spiro atoms. The van der Waals surface area contributed by atoms with Crippen LogP contribution in [-0.4, -0.2) is 14.7 Å². The van der Waals surface area contributed by atoms with E-state index in [9.17, 15) is 14.7 Å². The van der Waals surface area contributed by atoms with Crippen molar-refractivity contribution in [2.24, 2.45) is 0 Å². The first-order valence-electron chi connectivity index (χ1n) is 7.11. The van der Waals surface area contributed by atoms with Gasteiger partial charge in [-0.25, -0.2) is 0 Å². The number of aromatic hydroxyl groups is 1. The predicted molar refractivity (Wildman–Crippen MR) is 89.3 cm³/mol. The van der Waals surface area contributed by atoms with E-state index in [1.807, 2.05) is 36.4 Å². The van der Waals surface area contributed by atoms with Crippen LogP contribution in [0.4, 0.5) is 0 Å². The maximum atomic E-state index is 12.4. The Labute approximate surface area is 130 Å². The first-order chi connectivity index (χ1) is 11.1. The van der Waals surface area contributed by atoms with Gasteiger partial charge < -0.3 is 10.1 Å². The van der Waals surface area contributed by atoms with E-state index in [1.165, 1.54) is 16.7 Å². The lowest BCUT2D eigenvalue weighted by Crippen LogP contribution is -2.35. The molecule has 5 nitrogen and oxygen atoms in total. The molecule has 3 aromatic carbocycles. The van der Waals surface area contributed by atoms with Crippen molar-refractivity contribution in [3.05, 3.63) is 81.4 Å². The summed E-state index contributed by atoms with van der Waals surface area (Å²) in [6.07, 6.45) is 0. The van der Waals surface area contributed by atoms with Crippen LogP contribution in [0.15, 0.2) is 70.3 Å². The summed E-state index contributed by atoms with van der Waals surface area (Å²) in [5.41, 5.74) is 0.416. The maximum Gasteiger partial charge on any atom is 0.321 e. The molecule has 0 saturated heterocycles. The summed E-state index contributed by atoms with van der Waals surface area (Å²) in [6.45, 7) is 0. The van der Waals surface area contributed by atoms with E-state index >= 15 is 0 Å². The van der Waals surface area contributed by atoms with E-state index in [0.29, 0.717) is 16.7 Å². The molecule has 0 aliphatic carbocycles. The summed E-state index contributed by atoms with van der Waals surface area (Å²) in [5, 5.41) is 11.3. The molecule has 112 valence electrons. The number of aromatic amines is 1. The molecule has 0 atom stereocenters. The Morgan fingerprint density at radius 3 is 2.39 bits per heavy atom. The molecule has 23 heavy (non-hydrogen) atoms. The monoisotopic (exact) mass is 304 g/mol. The third kappa shape index (κ3) is 2.02. The van der Waals surface area contributed by atoms with Gasteiger partial charge in [-0.1, -0.05) is 30.3 Å². The molecule has 0 aliphatic heterocycles. The van der Waals surface area contributed by atoms with E-state index in [-0.39, 0.29) is 5.75 Å². The number of nitrogens with one attached hydrogen (secondary N) is 1. The number of fused-ring (bicyclic) bond motifs is 3. The van der Waals surface area contributed by atoms with Crippen LogP contribution in [0.2, 0.25) is 0 Å². The van der Waals surface area contributed by atoms with Crippen LogP contribution in [-0.2, 0) is 0 Å². The van der Waals surface area contributed by atoms with Gasteiger partial charge in [-0.15, -0.1) is 0 Å². The zero-order chi connectivity index (χ0) is 16.0. The number of hydrogen-bond donors (Lipinski definition) is 2. The smallest absolute Gasteiger partial charge is 0.321 e. The number of aromatic nitrogens is 2. The van der Waals surface area contributed by atoms with Crippen LogP contribution in [0.3, 0.4) is 0 Å². The van der Waals surface area contributed by atoms with Crippen LogP contribution in [0.5, 0.6) is 5.75 Å². The highest BCUT2D eigenvalue weighted by molar-refractivity contribution is 6.04. The second-order valence-electron chi connectivity index (χ2n) is 5.29. The molecule has 1 aromatic heterocycles. The second-order valence-corrected chi connectivity index (χ2v) is 5.29. The van der Waals surface area contributed by atoms with Crippen molar-refractivity contribution in [1.29, 1.82) is 0 Å². The summed E-state index contributed by atoms with van der Waals surface area (Å²) in [4.78, 5) is 27.1. The standard InChI is InChI=1S/C18H12N2O3/c21-13-8-6-12(7-9-13)20-15-10-5-11-3-1-2-4-14(11)16(15)19-17(22)18(20)23/h1-10,21H,(H,19,22). The lowest BCUT2D eigenvalue weighted by atomic mass is 10.1. The van der Waals surface area contributed by atoms with E-state index in [2.05, 4.69) is 4.98 Å². The first-order valence-corrected chi connectivity index (χ1v) is 7.11. The highest BCUT2D eigenvalue weighted by Gasteiger charge is 2.11. The number of benzene rings is 3. The van der Waals surface area contributed by atoms with Crippen LogP contribution in [0, 0.1) is 0 Å². The van der Waals surface area contributed by atoms with Gasteiger partial charge in [-0.2, -0.15) is 0 Å². The summed E-state index contributed by atoms with van der Waals surface area (Å²) in [5.74, 6) is 0.0985. The van der Waals surface area contributed by atoms with Crippen molar-refractivity contribution in [3.63, 3.8) is 0 Å². The fraction of sp³-hybridized carbons (Fsp3) is 0. The van der Waals surface area contributed by atoms with E-state index in [0.717, 1.165) is 10.8 Å². The maximum absolute atomic E-state index is 12.4. The quantitative estimate of drug-likeness (QED) is 0.419. The minimum Gasteiger partial charge on any atom is -0.508 e. The fourth-order valence-electron chi connectivity index (χ4n) is 2.81. The van der Waals surface area contributed by atoms with Crippen LogP contribution in [0.25, 0.3) is 27.5 Å². The minimum absolute atomic E-state index is 0.0985. The van der Waals surface area contributed by atoms with Gasteiger partial charge in [0.25, 0.3) is 0 Å². The molecular weight excluding hydrogens is 292 g/mol. The van der Waals surface area contributed by atoms with Crippen molar-refractivity contribution in [3.8, 4) is 11.4 Å². The summed E-state index contributed by atoms with van der Waals surface area (Å²) < 4.78 is 1.36. The third-order valence-corrected chi connectivity index (χ3v) is 3.89. The molecular formula is C18H12N2O3. The van der Waals surface area contributed by atoms with Crippen molar-refractivity contribution in [1.82, 2.24) is 9.55 Å². The minimum atomic E-state index is -0.679. The average Bonchev–Trinajstić information content (AvgIpc) is 2.57. The Morgan fingerprint density at radius 1 is 0.870 bits per heavy atom. The molecule has 0 aliphatic rings. The molecule has 4 rings (SSSR count). The molecule has 0 fully saturated rings. The number of H-pyrrole nitrogens is 1. The molecule has 0 radical (unpaired) electrons. The van der Waals surface area contributed by atoms with Crippen LogP contribution < -0.4 is 11.1 Å². The highest BCUT2D eigenvalue weighted by atomic mass is 16.3. The van der Waals surface area contributed by atoms with Gasteiger partial charge in [0.2, 0.25) is 0 Å². The number of nitrogens with zero attached hydrogens (tertiary/aromatic N) is 1. The Morgan fingerprint density at radius 2 is 1.61 bits per heavy atom. The van der Waals surface area contributed by atoms with Gasteiger partial charge in [0.05, 0.1) is 11.0 Å². The summed E-state index contributed by atoms with van der Waals surface area (Å²) in [7, 11) is 0. The van der Waals surface area contributed by atoms with Gasteiger partial charge in [0.1, 0.15) is 5.75 Å². The number of phenolic OH excluding ortho intramolecular Hbond substituents is 1. The molecule has 0 saturated carbocycles. The van der Waals surface area contributed by atoms with Crippen molar-refractivity contribution in [2.45, 2.75) is 0 Å². The van der Waals surface area contributed by atoms with Gasteiger partial charge >= 0.3 is 11.1 Å². The van der Waals surface area contributed by atoms with Crippen LogP contribution in [0.1, 0.15) is 0 Å². The topological polar surface area (TPSA) is 75.1 Å². The van der Waals surface area contributed by atoms with Crippen molar-refractivity contribution >= 4 is 21.8 Å². The van der Waals surface area contributed by atoms with Crippen molar-refractivity contribution < 1.29 is 5.11 Å². The Bertz CT molecular complexity index is 1150. The van der Waals surface area contributed by atoms with Gasteiger partial charge in [0, 0.05) is 11.1 Å². The first kappa shape index (κ1) is 13.3. The Kier molecular flexibility index (Phi) is 2.81. The lowest BCUT2D eigenvalue weighted by Gasteiger charge is -2.11. The van der Waals surface area contributed by atoms with Crippen LogP contribution >= 0.6 is 0 Å². The SMILES string of the molecule is O=c1[nH]c2c3ccccc3ccc2n(-c2ccc(O)cc2)c1=O. The van der Waals surface area contributed by atoms with E-state index < -0.39 is 11.1 Å². The zero-order valence-electron chi connectivity index (χ0n) is 12.0. The molecule has 2 N–H and O–H groups in total. The number of rotatable bonds is 1. The molecule has 0 amide bonds. The highest BCUT2D eigenvalue weighted by Crippen LogP contribution is 2.24. The normalized spacial score (nSPS) is 11.1. The van der Waals surface area contributed by atoms with E-state index in [1.54, 1.807) is 12.1 Å². The van der Waals surface area contributed by atoms with Crippen molar-refractivity contribution in [2.75, 3.05) is 0 Å². The van der Waals surface area contributed by atoms with Gasteiger partial charge in [-0.05, 0) is 35.7 Å². The Balaban J connectivity index is 2.21. The lowest BCUT2D eigenvalue weighted by molar-refractivity contribution is 0.475. The van der Waals surface area contributed by atoms with Gasteiger partial charge in [-0.3, -0.25) is 14.2 Å². The molecule has 5 heteroatoms. The second kappa shape index (κ2) is 4.84. The third-order valence-electron chi connectivity index (χ3n) is 3.89. The Hall–Kier alpha value is -3.34.